The molecule has 2 atom stereocenters. The second-order valence-electron chi connectivity index (χ2n) is 5.06. The quantitative estimate of drug-likeness (QED) is 0.838. The van der Waals surface area contributed by atoms with Crippen molar-refractivity contribution in [2.45, 2.75) is 45.2 Å². The molecule has 0 spiro atoms. The van der Waals surface area contributed by atoms with E-state index in [1.54, 1.807) is 4.90 Å². The molecule has 0 aromatic heterocycles. The lowest BCUT2D eigenvalue weighted by molar-refractivity contribution is 0.0671. The van der Waals surface area contributed by atoms with Gasteiger partial charge < -0.3 is 10.6 Å². The van der Waals surface area contributed by atoms with Crippen molar-refractivity contribution in [2.75, 3.05) is 5.73 Å². The minimum atomic E-state index is -0.833. The van der Waals surface area contributed by atoms with E-state index in [9.17, 15) is 13.6 Å². The molecule has 2 N–H and O–H groups in total. The minimum absolute atomic E-state index is 0.0429. The molecule has 2 rings (SSSR count). The van der Waals surface area contributed by atoms with Crippen LogP contribution in [0.25, 0.3) is 0 Å². The van der Waals surface area contributed by atoms with Crippen molar-refractivity contribution in [3.05, 3.63) is 29.3 Å². The van der Waals surface area contributed by atoms with Gasteiger partial charge in [-0.25, -0.2) is 8.78 Å². The monoisotopic (exact) mass is 268 g/mol. The zero-order chi connectivity index (χ0) is 14.2. The van der Waals surface area contributed by atoms with Gasteiger partial charge in [-0.3, -0.25) is 4.79 Å². The van der Waals surface area contributed by atoms with Crippen LogP contribution < -0.4 is 5.73 Å². The van der Waals surface area contributed by atoms with Gasteiger partial charge in [0.1, 0.15) is 5.82 Å². The summed E-state index contributed by atoms with van der Waals surface area (Å²) in [5.74, 6) is -2.00. The molecule has 0 aliphatic carbocycles. The molecule has 0 bridgehead atoms. The third-order valence-electron chi connectivity index (χ3n) is 3.79. The number of amides is 1. The maximum absolute atomic E-state index is 13.9. The topological polar surface area (TPSA) is 46.3 Å². The molecule has 3 nitrogen and oxygen atoms in total. The summed E-state index contributed by atoms with van der Waals surface area (Å²) >= 11 is 0. The van der Waals surface area contributed by atoms with Gasteiger partial charge in [0.05, 0.1) is 11.3 Å². The molecule has 1 saturated heterocycles. The Kier molecular flexibility index (Phi) is 3.73. The van der Waals surface area contributed by atoms with Crippen molar-refractivity contribution in [1.29, 1.82) is 0 Å². The van der Waals surface area contributed by atoms with E-state index in [4.69, 9.17) is 5.73 Å². The van der Waals surface area contributed by atoms with Crippen LogP contribution in [0, 0.1) is 11.6 Å². The van der Waals surface area contributed by atoms with Crippen LogP contribution in [0.15, 0.2) is 12.1 Å². The number of likely N-dealkylation sites (tertiary alicyclic amines) is 1. The number of carbonyl (C=O) groups excluding carboxylic acids is 1. The predicted octanol–water partition coefficient (Wildman–Crippen LogP) is 2.95. The normalized spacial score (nSPS) is 22.8. The van der Waals surface area contributed by atoms with Gasteiger partial charge in [-0.2, -0.15) is 0 Å². The van der Waals surface area contributed by atoms with Crippen LogP contribution in [0.1, 0.15) is 43.5 Å². The molecular formula is C14H18F2N2O. The van der Waals surface area contributed by atoms with E-state index in [-0.39, 0.29) is 23.3 Å². The van der Waals surface area contributed by atoms with Crippen molar-refractivity contribution < 1.29 is 13.6 Å². The first-order chi connectivity index (χ1) is 8.95. The van der Waals surface area contributed by atoms with Crippen LogP contribution in [0.4, 0.5) is 14.5 Å². The van der Waals surface area contributed by atoms with Gasteiger partial charge in [0, 0.05) is 12.1 Å². The van der Waals surface area contributed by atoms with Crippen molar-refractivity contribution in [1.82, 2.24) is 4.90 Å². The van der Waals surface area contributed by atoms with Gasteiger partial charge in [-0.15, -0.1) is 0 Å². The minimum Gasteiger partial charge on any atom is -0.396 e. The number of rotatable bonds is 2. The third-order valence-corrected chi connectivity index (χ3v) is 3.79. The molecule has 1 amide bonds. The first-order valence-corrected chi connectivity index (χ1v) is 6.52. The Balaban J connectivity index is 2.39. The number of anilines is 1. The number of nitrogens with zero attached hydrogens (tertiary/aromatic N) is 1. The zero-order valence-electron chi connectivity index (χ0n) is 11.1. The largest absolute Gasteiger partial charge is 0.396 e. The van der Waals surface area contributed by atoms with Crippen molar-refractivity contribution >= 4 is 11.6 Å². The molecule has 1 aliphatic heterocycles. The fourth-order valence-corrected chi connectivity index (χ4v) is 2.74. The molecule has 2 unspecified atom stereocenters. The number of nitrogen functional groups attached to an aromatic ring is 1. The second-order valence-corrected chi connectivity index (χ2v) is 5.06. The first-order valence-electron chi connectivity index (χ1n) is 6.52. The van der Waals surface area contributed by atoms with Crippen LogP contribution in [0.2, 0.25) is 0 Å². The van der Waals surface area contributed by atoms with Crippen LogP contribution in [0.5, 0.6) is 0 Å². The molecule has 1 heterocycles. The average molecular weight is 268 g/mol. The maximum atomic E-state index is 13.9. The smallest absolute Gasteiger partial charge is 0.257 e. The lowest BCUT2D eigenvalue weighted by Gasteiger charge is -2.28. The fourth-order valence-electron chi connectivity index (χ4n) is 2.74. The molecule has 1 fully saturated rings. The first kappa shape index (κ1) is 13.8. The van der Waals surface area contributed by atoms with Gasteiger partial charge in [0.15, 0.2) is 5.82 Å². The van der Waals surface area contributed by atoms with E-state index in [1.807, 2.05) is 13.8 Å². The maximum Gasteiger partial charge on any atom is 0.257 e. The average Bonchev–Trinajstić information content (AvgIpc) is 2.74. The summed E-state index contributed by atoms with van der Waals surface area (Å²) in [4.78, 5) is 14.1. The van der Waals surface area contributed by atoms with Crippen LogP contribution in [-0.2, 0) is 0 Å². The lowest BCUT2D eigenvalue weighted by atomic mass is 10.1. The molecular weight excluding hydrogens is 250 g/mol. The molecule has 1 aromatic carbocycles. The molecule has 104 valence electrons. The summed E-state index contributed by atoms with van der Waals surface area (Å²) in [6.45, 7) is 3.91. The Labute approximate surface area is 111 Å². The highest BCUT2D eigenvalue weighted by atomic mass is 19.1. The SMILES string of the molecule is CCC1CCC(C)N1C(=O)c1cc(F)cc(N)c1F. The number of hydrogen-bond donors (Lipinski definition) is 1. The fraction of sp³-hybridized carbons (Fsp3) is 0.500. The van der Waals surface area contributed by atoms with Crippen LogP contribution >= 0.6 is 0 Å². The van der Waals surface area contributed by atoms with E-state index in [0.717, 1.165) is 31.4 Å². The van der Waals surface area contributed by atoms with Gasteiger partial charge in [0.25, 0.3) is 5.91 Å². The van der Waals surface area contributed by atoms with E-state index in [1.165, 1.54) is 0 Å². The molecule has 5 heteroatoms. The van der Waals surface area contributed by atoms with E-state index < -0.39 is 17.5 Å². The summed E-state index contributed by atoms with van der Waals surface area (Å²) in [5.41, 5.74) is 4.77. The Bertz CT molecular complexity index is 504. The summed E-state index contributed by atoms with van der Waals surface area (Å²) in [7, 11) is 0. The highest BCUT2D eigenvalue weighted by Crippen LogP contribution is 2.29. The Morgan fingerprint density at radius 2 is 2.11 bits per heavy atom. The Hall–Kier alpha value is -1.65. The molecule has 19 heavy (non-hydrogen) atoms. The van der Waals surface area contributed by atoms with E-state index in [0.29, 0.717) is 0 Å². The van der Waals surface area contributed by atoms with E-state index >= 15 is 0 Å². The molecule has 0 saturated carbocycles. The Morgan fingerprint density at radius 1 is 1.42 bits per heavy atom. The lowest BCUT2D eigenvalue weighted by Crippen LogP contribution is -2.40. The highest BCUT2D eigenvalue weighted by Gasteiger charge is 2.35. The van der Waals surface area contributed by atoms with Crippen molar-refractivity contribution in [3.63, 3.8) is 0 Å². The number of benzene rings is 1. The zero-order valence-corrected chi connectivity index (χ0v) is 11.1. The number of carbonyl (C=O) groups is 1. The number of hydrogen-bond acceptors (Lipinski definition) is 2. The molecule has 1 aliphatic rings. The van der Waals surface area contributed by atoms with Crippen LogP contribution in [0.3, 0.4) is 0 Å². The Morgan fingerprint density at radius 3 is 2.74 bits per heavy atom. The van der Waals surface area contributed by atoms with Crippen molar-refractivity contribution in [3.8, 4) is 0 Å². The summed E-state index contributed by atoms with van der Waals surface area (Å²) in [5, 5.41) is 0. The molecule has 0 radical (unpaired) electrons. The highest BCUT2D eigenvalue weighted by molar-refractivity contribution is 5.96. The summed E-state index contributed by atoms with van der Waals surface area (Å²) < 4.78 is 27.2. The summed E-state index contributed by atoms with van der Waals surface area (Å²) in [6.07, 6.45) is 2.59. The van der Waals surface area contributed by atoms with Crippen LogP contribution in [-0.4, -0.2) is 22.9 Å². The predicted molar refractivity (Wildman–Crippen MR) is 69.7 cm³/mol. The van der Waals surface area contributed by atoms with E-state index in [2.05, 4.69) is 0 Å². The van der Waals surface area contributed by atoms with Crippen molar-refractivity contribution in [2.24, 2.45) is 0 Å². The number of halogens is 2. The third kappa shape index (κ3) is 2.41. The molecule has 1 aromatic rings. The number of nitrogens with two attached hydrogens (primary N) is 1. The van der Waals surface area contributed by atoms with Gasteiger partial charge in [0.2, 0.25) is 0 Å². The van der Waals surface area contributed by atoms with Gasteiger partial charge in [-0.05, 0) is 38.3 Å². The van der Waals surface area contributed by atoms with Gasteiger partial charge in [-0.1, -0.05) is 6.92 Å². The summed E-state index contributed by atoms with van der Waals surface area (Å²) in [6, 6.07) is 1.94. The standard InChI is InChI=1S/C14H18F2N2O/c1-3-10-5-4-8(2)18(10)14(19)11-6-9(15)7-12(17)13(11)16/h6-8,10H,3-5,17H2,1-2H3. The second kappa shape index (κ2) is 5.15. The van der Waals surface area contributed by atoms with Gasteiger partial charge >= 0.3 is 0 Å².